The van der Waals surface area contributed by atoms with Crippen molar-refractivity contribution >= 4 is 0 Å². The topological polar surface area (TPSA) is 39.7 Å². The number of hydrogen-bond donors (Lipinski definition) is 1. The standard InChI is InChI=1S/C14H23NO3/c1-10(9-16-4)18-13-7-6-12(11(2)15-3)8-14(13)17-5/h6-8,10-11,15H,9H2,1-5H3. The van der Waals surface area contributed by atoms with Gasteiger partial charge in [0, 0.05) is 13.2 Å². The molecule has 0 spiro atoms. The number of nitrogens with one attached hydrogen (secondary N) is 1. The summed E-state index contributed by atoms with van der Waals surface area (Å²) in [5.74, 6) is 1.49. The van der Waals surface area contributed by atoms with Gasteiger partial charge in [0.05, 0.1) is 13.7 Å². The molecule has 0 fully saturated rings. The lowest BCUT2D eigenvalue weighted by atomic mass is 10.1. The third-order valence-corrected chi connectivity index (χ3v) is 2.85. The molecule has 1 aromatic carbocycles. The summed E-state index contributed by atoms with van der Waals surface area (Å²) in [6.07, 6.45) is -0.00327. The number of methoxy groups -OCH3 is 2. The van der Waals surface area contributed by atoms with Crippen molar-refractivity contribution in [2.45, 2.75) is 26.0 Å². The van der Waals surface area contributed by atoms with E-state index in [1.165, 1.54) is 5.56 Å². The van der Waals surface area contributed by atoms with Gasteiger partial charge in [-0.05, 0) is 38.6 Å². The summed E-state index contributed by atoms with van der Waals surface area (Å²) in [5, 5.41) is 3.20. The molecule has 0 saturated heterocycles. The summed E-state index contributed by atoms with van der Waals surface area (Å²) in [7, 11) is 5.24. The third kappa shape index (κ3) is 3.89. The second-order valence-electron chi connectivity index (χ2n) is 4.30. The van der Waals surface area contributed by atoms with Crippen LogP contribution in [0.5, 0.6) is 11.5 Å². The van der Waals surface area contributed by atoms with Crippen LogP contribution >= 0.6 is 0 Å². The maximum Gasteiger partial charge on any atom is 0.161 e. The van der Waals surface area contributed by atoms with Crippen LogP contribution in [0.15, 0.2) is 18.2 Å². The highest BCUT2D eigenvalue weighted by Gasteiger charge is 2.11. The Bertz CT molecular complexity index is 368. The van der Waals surface area contributed by atoms with E-state index in [1.807, 2.05) is 32.2 Å². The van der Waals surface area contributed by atoms with Crippen LogP contribution in [0.1, 0.15) is 25.5 Å². The van der Waals surface area contributed by atoms with Gasteiger partial charge in [0.2, 0.25) is 0 Å². The Hall–Kier alpha value is -1.26. The number of benzene rings is 1. The van der Waals surface area contributed by atoms with Crippen molar-refractivity contribution in [3.8, 4) is 11.5 Å². The first-order chi connectivity index (χ1) is 8.62. The zero-order chi connectivity index (χ0) is 13.5. The van der Waals surface area contributed by atoms with Gasteiger partial charge in [0.15, 0.2) is 11.5 Å². The van der Waals surface area contributed by atoms with Crippen LogP contribution in [0.4, 0.5) is 0 Å². The van der Waals surface area contributed by atoms with E-state index in [4.69, 9.17) is 14.2 Å². The Kier molecular flexibility index (Phi) is 5.95. The van der Waals surface area contributed by atoms with Gasteiger partial charge in [0.1, 0.15) is 6.10 Å². The Morgan fingerprint density at radius 1 is 1.17 bits per heavy atom. The molecule has 2 atom stereocenters. The molecule has 0 radical (unpaired) electrons. The average molecular weight is 253 g/mol. The van der Waals surface area contributed by atoms with E-state index < -0.39 is 0 Å². The third-order valence-electron chi connectivity index (χ3n) is 2.85. The molecule has 0 aliphatic carbocycles. The number of ether oxygens (including phenoxy) is 3. The molecule has 0 amide bonds. The van der Waals surface area contributed by atoms with Gasteiger partial charge in [-0.25, -0.2) is 0 Å². The molecular weight excluding hydrogens is 230 g/mol. The van der Waals surface area contributed by atoms with Crippen LogP contribution in [0, 0.1) is 0 Å². The van der Waals surface area contributed by atoms with Crippen LogP contribution in [-0.2, 0) is 4.74 Å². The van der Waals surface area contributed by atoms with Crippen LogP contribution in [0.2, 0.25) is 0 Å². The molecule has 0 bridgehead atoms. The van der Waals surface area contributed by atoms with Gasteiger partial charge in [-0.3, -0.25) is 0 Å². The molecule has 2 unspecified atom stereocenters. The van der Waals surface area contributed by atoms with Crippen LogP contribution in [-0.4, -0.2) is 34.0 Å². The zero-order valence-electron chi connectivity index (χ0n) is 11.8. The quantitative estimate of drug-likeness (QED) is 0.810. The van der Waals surface area contributed by atoms with Gasteiger partial charge >= 0.3 is 0 Å². The first-order valence-electron chi connectivity index (χ1n) is 6.13. The molecular formula is C14H23NO3. The van der Waals surface area contributed by atoms with Gasteiger partial charge < -0.3 is 19.5 Å². The minimum absolute atomic E-state index is 0.00327. The highest BCUT2D eigenvalue weighted by atomic mass is 16.5. The van der Waals surface area contributed by atoms with Gasteiger partial charge in [-0.1, -0.05) is 6.07 Å². The minimum atomic E-state index is -0.00327. The maximum atomic E-state index is 5.77. The lowest BCUT2D eigenvalue weighted by Gasteiger charge is -2.18. The molecule has 0 aliphatic heterocycles. The highest BCUT2D eigenvalue weighted by molar-refractivity contribution is 5.43. The van der Waals surface area contributed by atoms with Crippen molar-refractivity contribution in [3.05, 3.63) is 23.8 Å². The Morgan fingerprint density at radius 2 is 1.89 bits per heavy atom. The molecule has 0 aliphatic rings. The Labute approximate surface area is 109 Å². The van der Waals surface area contributed by atoms with Crippen LogP contribution in [0.25, 0.3) is 0 Å². The van der Waals surface area contributed by atoms with Crippen LogP contribution < -0.4 is 14.8 Å². The SMILES string of the molecule is CNC(C)c1ccc(OC(C)COC)c(OC)c1. The van der Waals surface area contributed by atoms with Gasteiger partial charge in [-0.15, -0.1) is 0 Å². The predicted molar refractivity (Wildman–Crippen MR) is 72.4 cm³/mol. The van der Waals surface area contributed by atoms with E-state index in [-0.39, 0.29) is 12.1 Å². The minimum Gasteiger partial charge on any atom is -0.493 e. The van der Waals surface area contributed by atoms with Crippen molar-refractivity contribution in [2.75, 3.05) is 27.9 Å². The fraction of sp³-hybridized carbons (Fsp3) is 0.571. The Balaban J connectivity index is 2.86. The second-order valence-corrected chi connectivity index (χ2v) is 4.30. The summed E-state index contributed by atoms with van der Waals surface area (Å²) in [4.78, 5) is 0. The molecule has 4 heteroatoms. The normalized spacial score (nSPS) is 14.1. The predicted octanol–water partition coefficient (Wildman–Crippen LogP) is 2.39. The lowest BCUT2D eigenvalue weighted by molar-refractivity contribution is 0.0899. The summed E-state index contributed by atoms with van der Waals surface area (Å²) in [5.41, 5.74) is 1.17. The number of hydrogen-bond acceptors (Lipinski definition) is 4. The number of rotatable bonds is 7. The smallest absolute Gasteiger partial charge is 0.161 e. The molecule has 0 heterocycles. The first-order valence-corrected chi connectivity index (χ1v) is 6.13. The second kappa shape index (κ2) is 7.24. The monoisotopic (exact) mass is 253 g/mol. The summed E-state index contributed by atoms with van der Waals surface area (Å²) in [6, 6.07) is 6.26. The average Bonchev–Trinajstić information content (AvgIpc) is 2.38. The fourth-order valence-electron chi connectivity index (χ4n) is 1.70. The fourth-order valence-corrected chi connectivity index (χ4v) is 1.70. The van der Waals surface area contributed by atoms with Gasteiger partial charge in [0.25, 0.3) is 0 Å². The molecule has 1 N–H and O–H groups in total. The van der Waals surface area contributed by atoms with E-state index in [0.29, 0.717) is 6.61 Å². The first kappa shape index (κ1) is 14.8. The Morgan fingerprint density at radius 3 is 2.44 bits per heavy atom. The van der Waals surface area contributed by atoms with E-state index in [0.717, 1.165) is 11.5 Å². The molecule has 4 nitrogen and oxygen atoms in total. The van der Waals surface area contributed by atoms with Gasteiger partial charge in [-0.2, -0.15) is 0 Å². The van der Waals surface area contributed by atoms with E-state index in [9.17, 15) is 0 Å². The molecule has 1 aromatic rings. The molecule has 0 aromatic heterocycles. The van der Waals surface area contributed by atoms with Crippen molar-refractivity contribution in [1.82, 2.24) is 5.32 Å². The van der Waals surface area contributed by atoms with E-state index in [1.54, 1.807) is 14.2 Å². The highest BCUT2D eigenvalue weighted by Crippen LogP contribution is 2.30. The van der Waals surface area contributed by atoms with E-state index in [2.05, 4.69) is 12.2 Å². The molecule has 0 saturated carbocycles. The molecule has 1 rings (SSSR count). The summed E-state index contributed by atoms with van der Waals surface area (Å²) in [6.45, 7) is 4.62. The summed E-state index contributed by atoms with van der Waals surface area (Å²) < 4.78 is 16.2. The lowest BCUT2D eigenvalue weighted by Crippen LogP contribution is -2.18. The van der Waals surface area contributed by atoms with Crippen LogP contribution in [0.3, 0.4) is 0 Å². The maximum absolute atomic E-state index is 5.77. The molecule has 102 valence electrons. The van der Waals surface area contributed by atoms with Crippen molar-refractivity contribution in [1.29, 1.82) is 0 Å². The van der Waals surface area contributed by atoms with Crippen molar-refractivity contribution in [2.24, 2.45) is 0 Å². The molecule has 18 heavy (non-hydrogen) atoms. The van der Waals surface area contributed by atoms with Crippen molar-refractivity contribution < 1.29 is 14.2 Å². The van der Waals surface area contributed by atoms with Crippen molar-refractivity contribution in [3.63, 3.8) is 0 Å². The summed E-state index contributed by atoms with van der Waals surface area (Å²) >= 11 is 0. The largest absolute Gasteiger partial charge is 0.493 e. The van der Waals surface area contributed by atoms with E-state index >= 15 is 0 Å². The zero-order valence-corrected chi connectivity index (χ0v) is 11.8.